The molecule has 0 bridgehead atoms. The van der Waals surface area contributed by atoms with E-state index in [1.807, 2.05) is 6.07 Å². The molecular weight excluding hydrogens is 130 g/mol. The highest BCUT2D eigenvalue weighted by atomic mass is 16.4. The van der Waals surface area contributed by atoms with Gasteiger partial charge in [-0.25, -0.2) is 0 Å². The fourth-order valence-corrected chi connectivity index (χ4v) is 1.34. The van der Waals surface area contributed by atoms with E-state index in [1.54, 1.807) is 13.8 Å². The Balaban J connectivity index is 2.73. The fraction of sp³-hybridized carbons (Fsp3) is 0.714. The van der Waals surface area contributed by atoms with Gasteiger partial charge in [-0.1, -0.05) is 13.8 Å². The normalized spacial score (nSPS) is 34.5. The van der Waals surface area contributed by atoms with E-state index in [0.29, 0.717) is 0 Å². The molecule has 3 heteroatoms. The lowest BCUT2D eigenvalue weighted by Gasteiger charge is -1.94. The molecule has 0 aromatic carbocycles. The van der Waals surface area contributed by atoms with Gasteiger partial charge in [0.25, 0.3) is 0 Å². The van der Waals surface area contributed by atoms with Gasteiger partial charge >= 0.3 is 5.97 Å². The maximum absolute atomic E-state index is 10.4. The second-order valence-electron chi connectivity index (χ2n) is 3.24. The summed E-state index contributed by atoms with van der Waals surface area (Å²) in [5.74, 6) is -1.58. The maximum atomic E-state index is 10.4. The van der Waals surface area contributed by atoms with Crippen molar-refractivity contribution in [1.82, 2.24) is 0 Å². The van der Waals surface area contributed by atoms with Crippen molar-refractivity contribution in [3.05, 3.63) is 0 Å². The van der Waals surface area contributed by atoms with Crippen LogP contribution >= 0.6 is 0 Å². The molecule has 3 nitrogen and oxygen atoms in total. The zero-order valence-corrected chi connectivity index (χ0v) is 5.96. The monoisotopic (exact) mass is 139 g/mol. The van der Waals surface area contributed by atoms with Crippen LogP contribution in [0.2, 0.25) is 0 Å². The van der Waals surface area contributed by atoms with Crippen molar-refractivity contribution in [1.29, 1.82) is 5.26 Å². The largest absolute Gasteiger partial charge is 0.481 e. The zero-order valence-electron chi connectivity index (χ0n) is 5.96. The third-order valence-electron chi connectivity index (χ3n) is 2.23. The highest BCUT2D eigenvalue weighted by molar-refractivity contribution is 5.76. The summed E-state index contributed by atoms with van der Waals surface area (Å²) < 4.78 is 0. The first-order valence-electron chi connectivity index (χ1n) is 3.14. The van der Waals surface area contributed by atoms with E-state index in [1.165, 1.54) is 0 Å². The van der Waals surface area contributed by atoms with Crippen LogP contribution in [0.25, 0.3) is 0 Å². The Hall–Kier alpha value is -1.04. The van der Waals surface area contributed by atoms with Crippen molar-refractivity contribution in [2.75, 3.05) is 0 Å². The van der Waals surface area contributed by atoms with Gasteiger partial charge in [-0.3, -0.25) is 4.79 Å². The van der Waals surface area contributed by atoms with Gasteiger partial charge in [-0.05, 0) is 5.41 Å². The Morgan fingerprint density at radius 1 is 1.70 bits per heavy atom. The lowest BCUT2D eigenvalue weighted by molar-refractivity contribution is -0.139. The average Bonchev–Trinajstić information content (AvgIpc) is 2.33. The van der Waals surface area contributed by atoms with E-state index in [0.717, 1.165) is 0 Å². The number of carboxylic acids is 1. The van der Waals surface area contributed by atoms with Crippen LogP contribution in [0.15, 0.2) is 0 Å². The van der Waals surface area contributed by atoms with E-state index < -0.39 is 11.9 Å². The van der Waals surface area contributed by atoms with Crippen molar-refractivity contribution in [3.8, 4) is 6.07 Å². The maximum Gasteiger partial charge on any atom is 0.308 e. The summed E-state index contributed by atoms with van der Waals surface area (Å²) in [6.07, 6.45) is 0. The lowest BCUT2D eigenvalue weighted by atomic mass is 10.1. The summed E-state index contributed by atoms with van der Waals surface area (Å²) in [4.78, 5) is 10.4. The Labute approximate surface area is 59.3 Å². The second kappa shape index (κ2) is 1.72. The molecule has 10 heavy (non-hydrogen) atoms. The number of aliphatic carboxylic acids is 1. The molecule has 1 aliphatic carbocycles. The van der Waals surface area contributed by atoms with Gasteiger partial charge in [-0.2, -0.15) is 5.26 Å². The summed E-state index contributed by atoms with van der Waals surface area (Å²) in [6, 6.07) is 1.98. The van der Waals surface area contributed by atoms with Gasteiger partial charge in [0.1, 0.15) is 0 Å². The minimum atomic E-state index is -0.850. The van der Waals surface area contributed by atoms with E-state index in [4.69, 9.17) is 10.4 Å². The third kappa shape index (κ3) is 0.688. The first-order chi connectivity index (χ1) is 4.51. The van der Waals surface area contributed by atoms with Crippen LogP contribution in [0.3, 0.4) is 0 Å². The van der Waals surface area contributed by atoms with E-state index in [-0.39, 0.29) is 11.3 Å². The summed E-state index contributed by atoms with van der Waals surface area (Å²) >= 11 is 0. The highest BCUT2D eigenvalue weighted by Crippen LogP contribution is 2.57. The number of carboxylic acid groups (broad SMARTS) is 1. The summed E-state index contributed by atoms with van der Waals surface area (Å²) in [5, 5.41) is 17.0. The second-order valence-corrected chi connectivity index (χ2v) is 3.24. The molecule has 1 fully saturated rings. The molecule has 0 spiro atoms. The van der Waals surface area contributed by atoms with Crippen LogP contribution in [-0.2, 0) is 4.79 Å². The fourth-order valence-electron chi connectivity index (χ4n) is 1.34. The van der Waals surface area contributed by atoms with Gasteiger partial charge in [0, 0.05) is 0 Å². The van der Waals surface area contributed by atoms with Crippen LogP contribution in [0.4, 0.5) is 0 Å². The first kappa shape index (κ1) is 7.07. The molecule has 0 amide bonds. The lowest BCUT2D eigenvalue weighted by Crippen LogP contribution is -2.02. The molecule has 0 aromatic heterocycles. The molecular formula is C7H9NO2. The number of rotatable bonds is 1. The minimum Gasteiger partial charge on any atom is -0.481 e. The molecule has 1 N–H and O–H groups in total. The van der Waals surface area contributed by atoms with E-state index in [9.17, 15) is 4.79 Å². The Bertz CT molecular complexity index is 214. The van der Waals surface area contributed by atoms with Gasteiger partial charge in [0.15, 0.2) is 0 Å². The van der Waals surface area contributed by atoms with Gasteiger partial charge in [0.05, 0.1) is 17.9 Å². The van der Waals surface area contributed by atoms with Crippen molar-refractivity contribution < 1.29 is 9.90 Å². The van der Waals surface area contributed by atoms with Gasteiger partial charge in [-0.15, -0.1) is 0 Å². The minimum absolute atomic E-state index is 0.287. The van der Waals surface area contributed by atoms with Crippen LogP contribution in [0.1, 0.15) is 13.8 Å². The molecule has 0 heterocycles. The molecule has 0 aromatic rings. The quantitative estimate of drug-likeness (QED) is 0.586. The Kier molecular flexibility index (Phi) is 1.22. The molecule has 1 aliphatic rings. The number of nitriles is 1. The van der Waals surface area contributed by atoms with Crippen LogP contribution in [0, 0.1) is 28.6 Å². The summed E-state index contributed by atoms with van der Waals surface area (Å²) in [5.41, 5.74) is -0.305. The highest BCUT2D eigenvalue weighted by Gasteiger charge is 2.62. The van der Waals surface area contributed by atoms with E-state index in [2.05, 4.69) is 0 Å². The van der Waals surface area contributed by atoms with Crippen molar-refractivity contribution >= 4 is 5.97 Å². The smallest absolute Gasteiger partial charge is 0.308 e. The molecule has 2 unspecified atom stereocenters. The molecule has 2 atom stereocenters. The topological polar surface area (TPSA) is 61.1 Å². The molecule has 54 valence electrons. The number of hydrogen-bond donors (Lipinski definition) is 1. The van der Waals surface area contributed by atoms with Crippen LogP contribution in [0.5, 0.6) is 0 Å². The molecule has 0 aliphatic heterocycles. The molecule has 0 radical (unpaired) electrons. The Morgan fingerprint density at radius 3 is 2.30 bits per heavy atom. The van der Waals surface area contributed by atoms with Gasteiger partial charge < -0.3 is 5.11 Å². The number of carbonyl (C=O) groups is 1. The number of nitrogens with zero attached hydrogens (tertiary/aromatic N) is 1. The SMILES string of the molecule is CC1(C)C(C#N)C1C(=O)O. The molecule has 1 rings (SSSR count). The van der Waals surface area contributed by atoms with Crippen LogP contribution in [-0.4, -0.2) is 11.1 Å². The zero-order chi connectivity index (χ0) is 7.94. The Morgan fingerprint density at radius 2 is 2.20 bits per heavy atom. The number of hydrogen-bond acceptors (Lipinski definition) is 2. The van der Waals surface area contributed by atoms with Crippen molar-refractivity contribution in [3.63, 3.8) is 0 Å². The predicted molar refractivity (Wildman–Crippen MR) is 34.0 cm³/mol. The van der Waals surface area contributed by atoms with Gasteiger partial charge in [0.2, 0.25) is 0 Å². The summed E-state index contributed by atoms with van der Waals surface area (Å²) in [7, 11) is 0. The average molecular weight is 139 g/mol. The standard InChI is InChI=1S/C7H9NO2/c1-7(2)4(3-8)5(7)6(9)10/h4-5H,1-2H3,(H,9,10). The molecule has 0 saturated heterocycles. The van der Waals surface area contributed by atoms with Crippen LogP contribution < -0.4 is 0 Å². The first-order valence-corrected chi connectivity index (χ1v) is 3.14. The summed E-state index contributed by atoms with van der Waals surface area (Å²) in [6.45, 7) is 3.61. The van der Waals surface area contributed by atoms with E-state index >= 15 is 0 Å². The van der Waals surface area contributed by atoms with Crippen molar-refractivity contribution in [2.24, 2.45) is 17.3 Å². The molecule has 1 saturated carbocycles. The predicted octanol–water partition coefficient (Wildman–Crippen LogP) is 0.867. The third-order valence-corrected chi connectivity index (χ3v) is 2.23. The van der Waals surface area contributed by atoms with Crippen molar-refractivity contribution in [2.45, 2.75) is 13.8 Å².